The lowest BCUT2D eigenvalue weighted by Gasteiger charge is -2.31. The van der Waals surface area contributed by atoms with Crippen molar-refractivity contribution in [2.24, 2.45) is 10.9 Å². The Morgan fingerprint density at radius 1 is 1.23 bits per heavy atom. The Bertz CT molecular complexity index is 993. The molecule has 166 valence electrons. The van der Waals surface area contributed by atoms with E-state index in [0.29, 0.717) is 5.92 Å². The van der Waals surface area contributed by atoms with Gasteiger partial charge in [0.25, 0.3) is 0 Å². The standard InChI is InChI=1S/C24H34N6O/c1-17-18(2)31-23(29-17)16-30-12-9-19(10-13-30)14-28-24(25-3)26-11-8-20-15-27-22-7-5-4-6-21(20)22/h4-7,15,19,27H,8-14,16H2,1-3H3,(H2,25,26,28). The minimum Gasteiger partial charge on any atom is -0.444 e. The SMILES string of the molecule is CN=C(NCCc1c[nH]c2ccccc12)NCC1CCN(Cc2nc(C)c(C)o2)CC1. The molecule has 1 saturated heterocycles. The summed E-state index contributed by atoms with van der Waals surface area (Å²) in [6.07, 6.45) is 5.43. The van der Waals surface area contributed by atoms with E-state index in [4.69, 9.17) is 4.42 Å². The van der Waals surface area contributed by atoms with Crippen LogP contribution in [0.2, 0.25) is 0 Å². The number of likely N-dealkylation sites (tertiary alicyclic amines) is 1. The summed E-state index contributed by atoms with van der Waals surface area (Å²) in [6.45, 7) is 8.77. The third-order valence-corrected chi connectivity index (χ3v) is 6.28. The molecule has 0 saturated carbocycles. The third-order valence-electron chi connectivity index (χ3n) is 6.28. The number of aliphatic imine (C=N–C) groups is 1. The zero-order valence-electron chi connectivity index (χ0n) is 18.9. The largest absolute Gasteiger partial charge is 0.444 e. The second kappa shape index (κ2) is 10.0. The smallest absolute Gasteiger partial charge is 0.208 e. The van der Waals surface area contributed by atoms with E-state index in [1.54, 1.807) is 0 Å². The third kappa shape index (κ3) is 5.47. The van der Waals surface area contributed by atoms with Crippen LogP contribution in [0, 0.1) is 19.8 Å². The van der Waals surface area contributed by atoms with Crippen molar-refractivity contribution in [3.8, 4) is 0 Å². The predicted molar refractivity (Wildman–Crippen MR) is 125 cm³/mol. The number of oxazole rings is 1. The fraction of sp³-hybridized carbons (Fsp3) is 0.500. The zero-order chi connectivity index (χ0) is 21.6. The fourth-order valence-electron chi connectivity index (χ4n) is 4.26. The number of piperidine rings is 1. The summed E-state index contributed by atoms with van der Waals surface area (Å²) < 4.78 is 5.73. The zero-order valence-corrected chi connectivity index (χ0v) is 18.9. The summed E-state index contributed by atoms with van der Waals surface area (Å²) >= 11 is 0. The molecule has 1 aromatic carbocycles. The minimum absolute atomic E-state index is 0.663. The number of H-pyrrole nitrogens is 1. The number of rotatable bonds is 7. The van der Waals surface area contributed by atoms with Crippen molar-refractivity contribution in [3.63, 3.8) is 0 Å². The Kier molecular flexibility index (Phi) is 6.92. The molecule has 0 radical (unpaired) electrons. The van der Waals surface area contributed by atoms with Gasteiger partial charge >= 0.3 is 0 Å². The number of nitrogens with one attached hydrogen (secondary N) is 3. The van der Waals surface area contributed by atoms with Gasteiger partial charge in [0, 0.05) is 37.2 Å². The van der Waals surface area contributed by atoms with E-state index in [1.807, 2.05) is 20.9 Å². The van der Waals surface area contributed by atoms with E-state index in [1.165, 1.54) is 29.3 Å². The van der Waals surface area contributed by atoms with E-state index in [-0.39, 0.29) is 0 Å². The molecule has 4 rings (SSSR count). The highest BCUT2D eigenvalue weighted by atomic mass is 16.4. The molecule has 31 heavy (non-hydrogen) atoms. The molecule has 0 spiro atoms. The summed E-state index contributed by atoms with van der Waals surface area (Å²) in [4.78, 5) is 14.7. The van der Waals surface area contributed by atoms with Crippen LogP contribution < -0.4 is 10.6 Å². The van der Waals surface area contributed by atoms with Gasteiger partial charge in [0.15, 0.2) is 5.96 Å². The summed E-state index contributed by atoms with van der Waals surface area (Å²) in [6, 6.07) is 8.44. The lowest BCUT2D eigenvalue weighted by Crippen LogP contribution is -2.43. The first-order valence-electron chi connectivity index (χ1n) is 11.3. The van der Waals surface area contributed by atoms with Gasteiger partial charge in [-0.3, -0.25) is 9.89 Å². The van der Waals surface area contributed by atoms with Crippen LogP contribution in [0.3, 0.4) is 0 Å². The Labute approximate surface area is 184 Å². The quantitative estimate of drug-likeness (QED) is 0.402. The Hall–Kier alpha value is -2.80. The highest BCUT2D eigenvalue weighted by Crippen LogP contribution is 2.20. The molecule has 0 unspecified atom stereocenters. The van der Waals surface area contributed by atoms with E-state index >= 15 is 0 Å². The second-order valence-corrected chi connectivity index (χ2v) is 8.46. The monoisotopic (exact) mass is 422 g/mol. The van der Waals surface area contributed by atoms with Crippen molar-refractivity contribution in [1.29, 1.82) is 0 Å². The molecule has 7 heteroatoms. The second-order valence-electron chi connectivity index (χ2n) is 8.46. The van der Waals surface area contributed by atoms with Crippen LogP contribution in [-0.4, -0.2) is 54.1 Å². The average Bonchev–Trinajstić information content (AvgIpc) is 3.34. The number of hydrogen-bond acceptors (Lipinski definition) is 4. The molecule has 0 aliphatic carbocycles. The van der Waals surface area contributed by atoms with Gasteiger partial charge in [0.05, 0.1) is 12.2 Å². The van der Waals surface area contributed by atoms with E-state index < -0.39 is 0 Å². The van der Waals surface area contributed by atoms with Crippen molar-refractivity contribution in [1.82, 2.24) is 25.5 Å². The van der Waals surface area contributed by atoms with Crippen LogP contribution in [0.5, 0.6) is 0 Å². The molecular formula is C24H34N6O. The number of aryl methyl sites for hydroxylation is 2. The number of benzene rings is 1. The lowest BCUT2D eigenvalue weighted by molar-refractivity contribution is 0.164. The van der Waals surface area contributed by atoms with Gasteiger partial charge in [-0.25, -0.2) is 4.98 Å². The maximum absolute atomic E-state index is 5.73. The number of guanidine groups is 1. The molecule has 1 aliphatic rings. The molecule has 0 amide bonds. The highest BCUT2D eigenvalue weighted by molar-refractivity contribution is 5.83. The van der Waals surface area contributed by atoms with Crippen LogP contribution in [0.1, 0.15) is 35.7 Å². The number of aromatic nitrogens is 2. The first-order chi connectivity index (χ1) is 15.1. The fourth-order valence-corrected chi connectivity index (χ4v) is 4.26. The lowest BCUT2D eigenvalue weighted by atomic mass is 9.97. The highest BCUT2D eigenvalue weighted by Gasteiger charge is 2.21. The molecule has 1 aliphatic heterocycles. The molecular weight excluding hydrogens is 388 g/mol. The first-order valence-corrected chi connectivity index (χ1v) is 11.3. The van der Waals surface area contributed by atoms with Crippen molar-refractivity contribution in [2.75, 3.05) is 33.2 Å². The van der Waals surface area contributed by atoms with E-state index in [2.05, 4.69) is 61.0 Å². The molecule has 3 aromatic rings. The van der Waals surface area contributed by atoms with E-state index in [0.717, 1.165) is 62.4 Å². The van der Waals surface area contributed by atoms with Gasteiger partial charge in [-0.15, -0.1) is 0 Å². The van der Waals surface area contributed by atoms with Gasteiger partial charge in [-0.2, -0.15) is 0 Å². The van der Waals surface area contributed by atoms with Crippen molar-refractivity contribution in [3.05, 3.63) is 53.4 Å². The Balaban J connectivity index is 1.16. The Morgan fingerprint density at radius 3 is 2.77 bits per heavy atom. The minimum atomic E-state index is 0.663. The molecule has 2 aromatic heterocycles. The predicted octanol–water partition coefficient (Wildman–Crippen LogP) is 3.39. The maximum Gasteiger partial charge on any atom is 0.208 e. The first kappa shape index (κ1) is 21.4. The van der Waals surface area contributed by atoms with Gasteiger partial charge < -0.3 is 20.0 Å². The van der Waals surface area contributed by atoms with Crippen LogP contribution in [-0.2, 0) is 13.0 Å². The van der Waals surface area contributed by atoms with Crippen LogP contribution in [0.25, 0.3) is 10.9 Å². The number of nitrogens with zero attached hydrogens (tertiary/aromatic N) is 3. The molecule has 1 fully saturated rings. The van der Waals surface area contributed by atoms with Crippen molar-refractivity contribution >= 4 is 16.9 Å². The maximum atomic E-state index is 5.73. The van der Waals surface area contributed by atoms with Gasteiger partial charge in [0.1, 0.15) is 5.76 Å². The van der Waals surface area contributed by atoms with E-state index in [9.17, 15) is 0 Å². The molecule has 0 bridgehead atoms. The summed E-state index contributed by atoms with van der Waals surface area (Å²) in [5.41, 5.74) is 3.53. The number of fused-ring (bicyclic) bond motifs is 1. The molecule has 3 N–H and O–H groups in total. The number of aromatic amines is 1. The Morgan fingerprint density at radius 2 is 2.03 bits per heavy atom. The van der Waals surface area contributed by atoms with Crippen molar-refractivity contribution < 1.29 is 4.42 Å². The molecule has 0 atom stereocenters. The normalized spacial score (nSPS) is 16.2. The summed E-state index contributed by atoms with van der Waals surface area (Å²) in [5.74, 6) is 3.31. The molecule has 7 nitrogen and oxygen atoms in total. The number of para-hydroxylation sites is 1. The molecule has 3 heterocycles. The summed E-state index contributed by atoms with van der Waals surface area (Å²) in [7, 11) is 1.84. The summed E-state index contributed by atoms with van der Waals surface area (Å²) in [5, 5.41) is 8.27. The number of hydrogen-bond donors (Lipinski definition) is 3. The van der Waals surface area contributed by atoms with Crippen LogP contribution in [0.4, 0.5) is 0 Å². The van der Waals surface area contributed by atoms with Gasteiger partial charge in [-0.1, -0.05) is 18.2 Å². The average molecular weight is 423 g/mol. The van der Waals surface area contributed by atoms with Crippen molar-refractivity contribution in [2.45, 2.75) is 39.7 Å². The topological polar surface area (TPSA) is 81.5 Å². The van der Waals surface area contributed by atoms with Gasteiger partial charge in [0.2, 0.25) is 5.89 Å². The van der Waals surface area contributed by atoms with Crippen LogP contribution in [0.15, 0.2) is 39.9 Å². The van der Waals surface area contributed by atoms with Gasteiger partial charge in [-0.05, 0) is 63.7 Å². The van der Waals surface area contributed by atoms with Crippen LogP contribution >= 0.6 is 0 Å².